The van der Waals surface area contributed by atoms with Crippen LogP contribution in [0.5, 0.6) is 0 Å². The maximum Gasteiger partial charge on any atom is 0.253 e. The Bertz CT molecular complexity index is 1180. The highest BCUT2D eigenvalue weighted by Gasteiger charge is 2.20. The number of fused-ring (bicyclic) bond motifs is 1. The summed E-state index contributed by atoms with van der Waals surface area (Å²) in [5, 5.41) is 4.33. The van der Waals surface area contributed by atoms with Crippen molar-refractivity contribution in [1.29, 1.82) is 0 Å². The van der Waals surface area contributed by atoms with Crippen LogP contribution in [-0.2, 0) is 9.84 Å². The van der Waals surface area contributed by atoms with E-state index in [1.54, 1.807) is 31.2 Å². The number of hydrogen-bond acceptors (Lipinski definition) is 6. The van der Waals surface area contributed by atoms with Crippen molar-refractivity contribution < 1.29 is 8.42 Å². The molecule has 7 nitrogen and oxygen atoms in total. The summed E-state index contributed by atoms with van der Waals surface area (Å²) >= 11 is 6.03. The molecule has 0 saturated carbocycles. The van der Waals surface area contributed by atoms with E-state index in [4.69, 9.17) is 11.6 Å². The predicted molar refractivity (Wildman–Crippen MR) is 111 cm³/mol. The number of halogens is 1. The summed E-state index contributed by atoms with van der Waals surface area (Å²) in [4.78, 5) is 23.5. The van der Waals surface area contributed by atoms with Crippen LogP contribution >= 0.6 is 11.6 Å². The van der Waals surface area contributed by atoms with Gasteiger partial charge in [0.05, 0.1) is 11.8 Å². The number of hydrogen-bond donors (Lipinski definition) is 2. The minimum atomic E-state index is -3.50. The minimum Gasteiger partial charge on any atom is -0.347 e. The molecule has 0 fully saturated rings. The molecule has 0 saturated heterocycles. The van der Waals surface area contributed by atoms with Crippen LogP contribution in [-0.4, -0.2) is 29.1 Å². The van der Waals surface area contributed by atoms with Crippen LogP contribution in [0, 0.1) is 5.92 Å². The molecular formula is C19H21ClN4O3S. The first kappa shape index (κ1) is 20.3. The van der Waals surface area contributed by atoms with E-state index < -0.39 is 15.9 Å². The van der Waals surface area contributed by atoms with Crippen molar-refractivity contribution in [2.45, 2.75) is 31.8 Å². The fourth-order valence-electron chi connectivity index (χ4n) is 2.90. The third-order valence-corrected chi connectivity index (χ3v) is 6.35. The molecule has 0 amide bonds. The highest BCUT2D eigenvalue weighted by atomic mass is 35.5. The van der Waals surface area contributed by atoms with Crippen molar-refractivity contribution >= 4 is 38.3 Å². The summed E-state index contributed by atoms with van der Waals surface area (Å²) in [5.74, 6) is 0.130. The molecule has 28 heavy (non-hydrogen) atoms. The number of anilines is 1. The van der Waals surface area contributed by atoms with Crippen LogP contribution in [0.25, 0.3) is 10.9 Å². The molecule has 1 aromatic carbocycles. The van der Waals surface area contributed by atoms with Gasteiger partial charge in [0.1, 0.15) is 0 Å². The fraction of sp³-hybridized carbons (Fsp3) is 0.316. The molecule has 0 aliphatic rings. The van der Waals surface area contributed by atoms with Gasteiger partial charge < -0.3 is 10.3 Å². The lowest BCUT2D eigenvalue weighted by atomic mass is 10.1. The van der Waals surface area contributed by atoms with Gasteiger partial charge in [-0.3, -0.25) is 4.79 Å². The lowest BCUT2D eigenvalue weighted by Crippen LogP contribution is -2.21. The molecule has 9 heteroatoms. The normalized spacial score (nSPS) is 13.0. The lowest BCUT2D eigenvalue weighted by Gasteiger charge is -2.15. The fourth-order valence-corrected chi connectivity index (χ4v) is 4.62. The highest BCUT2D eigenvalue weighted by molar-refractivity contribution is 7.91. The first-order valence-corrected chi connectivity index (χ1v) is 10.8. The molecule has 2 heterocycles. The molecule has 148 valence electrons. The molecule has 3 rings (SSSR count). The van der Waals surface area contributed by atoms with Gasteiger partial charge in [-0.25, -0.2) is 18.4 Å². The molecule has 0 radical (unpaired) electrons. The first-order valence-electron chi connectivity index (χ1n) is 8.80. The molecular weight excluding hydrogens is 400 g/mol. The smallest absolute Gasteiger partial charge is 0.253 e. The third kappa shape index (κ3) is 4.51. The van der Waals surface area contributed by atoms with E-state index >= 15 is 0 Å². The number of H-pyrrole nitrogens is 1. The Kier molecular flexibility index (Phi) is 5.71. The van der Waals surface area contributed by atoms with E-state index in [9.17, 15) is 13.2 Å². The zero-order valence-corrected chi connectivity index (χ0v) is 17.3. The molecule has 2 aromatic heterocycles. The van der Waals surface area contributed by atoms with Gasteiger partial charge >= 0.3 is 0 Å². The monoisotopic (exact) mass is 420 g/mol. The maximum absolute atomic E-state index is 12.4. The van der Waals surface area contributed by atoms with Gasteiger partial charge in [-0.2, -0.15) is 0 Å². The van der Waals surface area contributed by atoms with Gasteiger partial charge in [0, 0.05) is 27.7 Å². The lowest BCUT2D eigenvalue weighted by molar-refractivity contribution is 0.578. The number of nitrogens with zero attached hydrogens (tertiary/aromatic N) is 2. The van der Waals surface area contributed by atoms with E-state index in [0.29, 0.717) is 16.1 Å². The van der Waals surface area contributed by atoms with Crippen molar-refractivity contribution in [2.75, 3.05) is 11.1 Å². The second-order valence-electron chi connectivity index (χ2n) is 7.05. The molecule has 0 bridgehead atoms. The van der Waals surface area contributed by atoms with Gasteiger partial charge in [0.2, 0.25) is 5.95 Å². The van der Waals surface area contributed by atoms with Crippen LogP contribution in [0.3, 0.4) is 0 Å². The Morgan fingerprint density at radius 3 is 2.64 bits per heavy atom. The summed E-state index contributed by atoms with van der Waals surface area (Å²) < 4.78 is 24.8. The Morgan fingerprint density at radius 2 is 1.93 bits per heavy atom. The SMILES string of the molecule is CC(C)CS(=O)(=O)c1ccnc(N[C@@H](C)c2cc3cc(Cl)ccc3[nH]c2=O)n1. The van der Waals surface area contributed by atoms with Crippen molar-refractivity contribution in [3.05, 3.63) is 57.5 Å². The maximum atomic E-state index is 12.4. The molecule has 3 aromatic rings. The van der Waals surface area contributed by atoms with Crippen LogP contribution in [0.2, 0.25) is 5.02 Å². The average molecular weight is 421 g/mol. The molecule has 1 atom stereocenters. The van der Waals surface area contributed by atoms with Crippen molar-refractivity contribution in [2.24, 2.45) is 5.92 Å². The number of nitrogens with one attached hydrogen (secondary N) is 2. The Morgan fingerprint density at radius 1 is 1.18 bits per heavy atom. The molecule has 2 N–H and O–H groups in total. The number of rotatable bonds is 6. The van der Waals surface area contributed by atoms with Crippen LogP contribution in [0.15, 0.2) is 46.3 Å². The topological polar surface area (TPSA) is 105 Å². The van der Waals surface area contributed by atoms with Gasteiger partial charge in [-0.05, 0) is 43.2 Å². The van der Waals surface area contributed by atoms with Crippen molar-refractivity contribution in [1.82, 2.24) is 15.0 Å². The standard InChI is InChI=1S/C19H21ClN4O3S/c1-11(2)10-28(26,27)17-6-7-21-19(24-17)22-12(3)15-9-13-8-14(20)4-5-16(13)23-18(15)25/h4-9,11-12H,10H2,1-3H3,(H,23,25)(H,21,22,24)/t12-/m0/s1. The Labute approximate surface area is 168 Å². The summed E-state index contributed by atoms with van der Waals surface area (Å²) in [6.45, 7) is 5.44. The van der Waals surface area contributed by atoms with E-state index in [1.807, 2.05) is 13.8 Å². The first-order chi connectivity index (χ1) is 13.2. The number of pyridine rings is 1. The summed E-state index contributed by atoms with van der Waals surface area (Å²) in [7, 11) is -3.50. The molecule has 0 aliphatic heterocycles. The number of aromatic amines is 1. The number of benzene rings is 1. The highest BCUT2D eigenvalue weighted by Crippen LogP contribution is 2.21. The second-order valence-corrected chi connectivity index (χ2v) is 9.46. The van der Waals surface area contributed by atoms with Gasteiger partial charge in [-0.1, -0.05) is 25.4 Å². The minimum absolute atomic E-state index is 0.00408. The van der Waals surface area contributed by atoms with E-state index in [1.165, 1.54) is 12.3 Å². The molecule has 0 aliphatic carbocycles. The van der Waals surface area contributed by atoms with Crippen LogP contribution in [0.1, 0.15) is 32.4 Å². The molecule has 0 spiro atoms. The number of sulfone groups is 1. The van der Waals surface area contributed by atoms with Gasteiger partial charge in [0.25, 0.3) is 5.56 Å². The average Bonchev–Trinajstić information content (AvgIpc) is 2.60. The van der Waals surface area contributed by atoms with E-state index in [2.05, 4.69) is 20.3 Å². The zero-order valence-electron chi connectivity index (χ0n) is 15.7. The summed E-state index contributed by atoms with van der Waals surface area (Å²) in [6.07, 6.45) is 1.39. The molecule has 0 unspecified atom stereocenters. The number of aromatic nitrogens is 3. The van der Waals surface area contributed by atoms with Crippen molar-refractivity contribution in [3.8, 4) is 0 Å². The van der Waals surface area contributed by atoms with Crippen LogP contribution in [0.4, 0.5) is 5.95 Å². The summed E-state index contributed by atoms with van der Waals surface area (Å²) in [5.41, 5.74) is 0.899. The van der Waals surface area contributed by atoms with Gasteiger partial charge in [-0.15, -0.1) is 0 Å². The zero-order chi connectivity index (χ0) is 20.5. The van der Waals surface area contributed by atoms with Crippen LogP contribution < -0.4 is 10.9 Å². The van der Waals surface area contributed by atoms with E-state index in [0.717, 1.165) is 5.39 Å². The third-order valence-electron chi connectivity index (χ3n) is 4.15. The largest absolute Gasteiger partial charge is 0.347 e. The second kappa shape index (κ2) is 7.89. The Balaban J connectivity index is 1.90. The Hall–Kier alpha value is -2.45. The van der Waals surface area contributed by atoms with Gasteiger partial charge in [0.15, 0.2) is 14.9 Å². The summed E-state index contributed by atoms with van der Waals surface area (Å²) in [6, 6.07) is 7.88. The van der Waals surface area contributed by atoms with Crippen molar-refractivity contribution in [3.63, 3.8) is 0 Å². The quantitative estimate of drug-likeness (QED) is 0.590. The predicted octanol–water partition coefficient (Wildman–Crippen LogP) is 3.57. The van der Waals surface area contributed by atoms with E-state index in [-0.39, 0.29) is 28.2 Å².